The molecule has 0 spiro atoms. The second-order valence-corrected chi connectivity index (χ2v) is 4.54. The van der Waals surface area contributed by atoms with Gasteiger partial charge in [-0.25, -0.2) is 4.79 Å². The smallest absolute Gasteiger partial charge is 0.339 e. The van der Waals surface area contributed by atoms with Crippen LogP contribution in [-0.2, 0) is 0 Å². The van der Waals surface area contributed by atoms with E-state index in [0.717, 1.165) is 0 Å². The number of aromatic carboxylic acids is 1. The van der Waals surface area contributed by atoms with Gasteiger partial charge in [-0.2, -0.15) is 0 Å². The van der Waals surface area contributed by atoms with Crippen LogP contribution in [0, 0.1) is 24.0 Å². The Morgan fingerprint density at radius 3 is 2.24 bits per heavy atom. The summed E-state index contributed by atoms with van der Waals surface area (Å²) in [7, 11) is 0. The van der Waals surface area contributed by atoms with Crippen LogP contribution in [0.3, 0.4) is 0 Å². The van der Waals surface area contributed by atoms with Gasteiger partial charge in [-0.15, -0.1) is 0 Å². The Morgan fingerprint density at radius 2 is 1.67 bits per heavy atom. The van der Waals surface area contributed by atoms with Crippen molar-refractivity contribution in [2.75, 3.05) is 0 Å². The van der Waals surface area contributed by atoms with Gasteiger partial charge in [0.2, 0.25) is 5.75 Å². The van der Waals surface area contributed by atoms with Gasteiger partial charge in [0.05, 0.1) is 4.92 Å². The molecule has 108 valence electrons. The van der Waals surface area contributed by atoms with E-state index in [-0.39, 0.29) is 22.7 Å². The highest BCUT2D eigenvalue weighted by Crippen LogP contribution is 2.37. The lowest BCUT2D eigenvalue weighted by Gasteiger charge is -2.13. The predicted octanol–water partition coefficient (Wildman–Crippen LogP) is 3.70. The summed E-state index contributed by atoms with van der Waals surface area (Å²) >= 11 is 0. The first-order valence-electron chi connectivity index (χ1n) is 6.16. The number of nitrogens with zero attached hydrogens (tertiary/aromatic N) is 1. The molecule has 21 heavy (non-hydrogen) atoms. The van der Waals surface area contributed by atoms with Gasteiger partial charge in [0.25, 0.3) is 0 Å². The third kappa shape index (κ3) is 2.84. The van der Waals surface area contributed by atoms with E-state index in [9.17, 15) is 20.0 Å². The fourth-order valence-electron chi connectivity index (χ4n) is 1.97. The summed E-state index contributed by atoms with van der Waals surface area (Å²) < 4.78 is 5.60. The molecule has 1 N–H and O–H groups in total. The molecule has 2 aromatic rings. The van der Waals surface area contributed by atoms with E-state index in [4.69, 9.17) is 4.74 Å². The second-order valence-electron chi connectivity index (χ2n) is 4.54. The summed E-state index contributed by atoms with van der Waals surface area (Å²) in [5, 5.41) is 20.3. The van der Waals surface area contributed by atoms with E-state index in [1.807, 2.05) is 0 Å². The number of hydrogen-bond acceptors (Lipinski definition) is 4. The SMILES string of the molecule is Cc1cccc(C(=O)O)c1Oc1c(C)cccc1[N+](=O)[O-]. The van der Waals surface area contributed by atoms with Crippen LogP contribution in [0.4, 0.5) is 5.69 Å². The molecular weight excluding hydrogens is 274 g/mol. The lowest BCUT2D eigenvalue weighted by Crippen LogP contribution is -2.03. The summed E-state index contributed by atoms with van der Waals surface area (Å²) in [4.78, 5) is 21.8. The highest BCUT2D eigenvalue weighted by atomic mass is 16.6. The van der Waals surface area contributed by atoms with Crippen LogP contribution in [0.5, 0.6) is 11.5 Å². The standard InChI is InChI=1S/C15H13NO5/c1-9-5-3-7-11(15(17)18)13(9)21-14-10(2)6-4-8-12(14)16(19)20/h3-8H,1-2H3,(H,17,18). The normalized spacial score (nSPS) is 10.2. The van der Waals surface area contributed by atoms with Crippen LogP contribution in [-0.4, -0.2) is 16.0 Å². The van der Waals surface area contributed by atoms with E-state index in [1.54, 1.807) is 38.1 Å². The van der Waals surface area contributed by atoms with Gasteiger partial charge in [-0.1, -0.05) is 24.3 Å². The molecule has 6 nitrogen and oxygen atoms in total. The highest BCUT2D eigenvalue weighted by molar-refractivity contribution is 5.91. The Kier molecular flexibility index (Phi) is 3.89. The molecule has 0 radical (unpaired) electrons. The number of ether oxygens (including phenoxy) is 1. The topological polar surface area (TPSA) is 89.7 Å². The van der Waals surface area contributed by atoms with Gasteiger partial charge in [0.1, 0.15) is 11.3 Å². The summed E-state index contributed by atoms with van der Waals surface area (Å²) in [5.41, 5.74) is 0.915. The second kappa shape index (κ2) is 5.62. The molecule has 0 aromatic heterocycles. The Balaban J connectivity index is 2.59. The van der Waals surface area contributed by atoms with Crippen molar-refractivity contribution in [2.24, 2.45) is 0 Å². The molecule has 0 aliphatic carbocycles. The summed E-state index contributed by atoms with van der Waals surface area (Å²) in [5.74, 6) is -0.980. The molecule has 0 heterocycles. The van der Waals surface area contributed by atoms with E-state index in [1.165, 1.54) is 12.1 Å². The number of carboxylic acids is 1. The van der Waals surface area contributed by atoms with Crippen molar-refractivity contribution >= 4 is 11.7 Å². The van der Waals surface area contributed by atoms with Gasteiger partial charge in [-0.05, 0) is 31.0 Å². The maximum Gasteiger partial charge on any atom is 0.339 e. The van der Waals surface area contributed by atoms with E-state index in [2.05, 4.69) is 0 Å². The van der Waals surface area contributed by atoms with Crippen molar-refractivity contribution in [3.05, 3.63) is 63.2 Å². The van der Waals surface area contributed by atoms with Crippen LogP contribution in [0.25, 0.3) is 0 Å². The Labute approximate surface area is 120 Å². The van der Waals surface area contributed by atoms with Crippen LogP contribution < -0.4 is 4.74 Å². The van der Waals surface area contributed by atoms with Gasteiger partial charge in [-0.3, -0.25) is 10.1 Å². The van der Waals surface area contributed by atoms with Crippen LogP contribution >= 0.6 is 0 Å². The van der Waals surface area contributed by atoms with Crippen molar-refractivity contribution in [1.82, 2.24) is 0 Å². The molecule has 0 unspecified atom stereocenters. The molecule has 2 rings (SSSR count). The summed E-state index contributed by atoms with van der Waals surface area (Å²) in [6, 6.07) is 9.22. The first kappa shape index (κ1) is 14.5. The minimum atomic E-state index is -1.15. The van der Waals surface area contributed by atoms with Crippen LogP contribution in [0.2, 0.25) is 0 Å². The van der Waals surface area contributed by atoms with Gasteiger partial charge < -0.3 is 9.84 Å². The zero-order valence-corrected chi connectivity index (χ0v) is 11.5. The van der Waals surface area contributed by atoms with Crippen molar-refractivity contribution in [2.45, 2.75) is 13.8 Å². The van der Waals surface area contributed by atoms with Crippen LogP contribution in [0.1, 0.15) is 21.5 Å². The summed E-state index contributed by atoms with van der Waals surface area (Å²) in [6.07, 6.45) is 0. The lowest BCUT2D eigenvalue weighted by atomic mass is 10.1. The van der Waals surface area contributed by atoms with Crippen molar-refractivity contribution in [3.63, 3.8) is 0 Å². The molecule has 6 heteroatoms. The number of para-hydroxylation sites is 2. The molecule has 0 aliphatic rings. The lowest BCUT2D eigenvalue weighted by molar-refractivity contribution is -0.385. The number of hydrogen-bond donors (Lipinski definition) is 1. The minimum absolute atomic E-state index is 0.0347. The van der Waals surface area contributed by atoms with Gasteiger partial charge in [0, 0.05) is 6.07 Å². The van der Waals surface area contributed by atoms with Crippen LogP contribution in [0.15, 0.2) is 36.4 Å². The van der Waals surface area contributed by atoms with E-state index < -0.39 is 10.9 Å². The molecule has 2 aromatic carbocycles. The quantitative estimate of drug-likeness (QED) is 0.684. The fraction of sp³-hybridized carbons (Fsp3) is 0.133. The molecule has 0 fully saturated rings. The maximum atomic E-state index is 11.3. The first-order chi connectivity index (χ1) is 9.91. The monoisotopic (exact) mass is 287 g/mol. The Morgan fingerprint density at radius 1 is 1.10 bits per heavy atom. The number of benzene rings is 2. The number of carboxylic acid groups (broad SMARTS) is 1. The largest absolute Gasteiger partial charge is 0.478 e. The number of aryl methyl sites for hydroxylation is 2. The van der Waals surface area contributed by atoms with Crippen molar-refractivity contribution < 1.29 is 19.6 Å². The molecule has 0 bridgehead atoms. The molecule has 0 amide bonds. The average molecular weight is 287 g/mol. The molecule has 0 aliphatic heterocycles. The molecule has 0 saturated carbocycles. The first-order valence-corrected chi connectivity index (χ1v) is 6.16. The summed E-state index contributed by atoms with van der Waals surface area (Å²) in [6.45, 7) is 3.35. The number of nitro groups is 1. The van der Waals surface area contributed by atoms with Crippen molar-refractivity contribution in [3.8, 4) is 11.5 Å². The maximum absolute atomic E-state index is 11.3. The third-order valence-corrected chi connectivity index (χ3v) is 3.03. The number of nitro benzene ring substituents is 1. The fourth-order valence-corrected chi connectivity index (χ4v) is 1.97. The number of carbonyl (C=O) groups is 1. The minimum Gasteiger partial charge on any atom is -0.478 e. The average Bonchev–Trinajstić information content (AvgIpc) is 2.42. The van der Waals surface area contributed by atoms with E-state index >= 15 is 0 Å². The van der Waals surface area contributed by atoms with E-state index in [0.29, 0.717) is 11.1 Å². The number of rotatable bonds is 4. The Hall–Kier alpha value is -2.89. The van der Waals surface area contributed by atoms with Gasteiger partial charge >= 0.3 is 11.7 Å². The van der Waals surface area contributed by atoms with Gasteiger partial charge in [0.15, 0.2) is 0 Å². The highest BCUT2D eigenvalue weighted by Gasteiger charge is 2.21. The Bertz CT molecular complexity index is 662. The predicted molar refractivity (Wildman–Crippen MR) is 76.0 cm³/mol. The molecular formula is C15H13NO5. The molecule has 0 saturated heterocycles. The zero-order chi connectivity index (χ0) is 15.6. The third-order valence-electron chi connectivity index (χ3n) is 3.03. The van der Waals surface area contributed by atoms with Crippen molar-refractivity contribution in [1.29, 1.82) is 0 Å². The molecule has 0 atom stereocenters. The zero-order valence-electron chi connectivity index (χ0n) is 11.5.